The minimum absolute atomic E-state index is 0.314. The largest absolute Gasteiger partial charge is 0.385 e. The number of hydrogen-bond donors (Lipinski definition) is 1. The molecule has 0 unspecified atom stereocenters. The molecule has 1 heterocycles. The van der Waals surface area contributed by atoms with Crippen molar-refractivity contribution in [2.75, 3.05) is 11.6 Å². The zero-order chi connectivity index (χ0) is 10.1. The molecular weight excluding hydrogens is 198 g/mol. The first-order chi connectivity index (χ1) is 6.66. The Kier molecular flexibility index (Phi) is 2.33. The third kappa shape index (κ3) is 1.68. The molecule has 1 aromatic carbocycles. The summed E-state index contributed by atoms with van der Waals surface area (Å²) >= 11 is 5.89. The Morgan fingerprint density at radius 1 is 1.57 bits per heavy atom. The number of amidine groups is 1. The van der Waals surface area contributed by atoms with Crippen LogP contribution in [0.15, 0.2) is 29.4 Å². The Bertz CT molecular complexity index is 375. The van der Waals surface area contributed by atoms with E-state index in [-0.39, 0.29) is 0 Å². The first-order valence-corrected chi connectivity index (χ1v) is 4.91. The quantitative estimate of drug-likeness (QED) is 0.770. The molecule has 0 saturated heterocycles. The van der Waals surface area contributed by atoms with Crippen molar-refractivity contribution in [3.63, 3.8) is 0 Å². The lowest BCUT2D eigenvalue weighted by Gasteiger charge is -2.14. The number of nitrogens with zero attached hydrogens (tertiary/aromatic N) is 2. The van der Waals surface area contributed by atoms with Crippen LogP contribution in [0.1, 0.15) is 6.92 Å². The van der Waals surface area contributed by atoms with Gasteiger partial charge in [-0.3, -0.25) is 5.01 Å². The van der Waals surface area contributed by atoms with Gasteiger partial charge in [-0.05, 0) is 18.2 Å². The molecule has 0 amide bonds. The van der Waals surface area contributed by atoms with E-state index >= 15 is 0 Å². The average molecular weight is 210 g/mol. The summed E-state index contributed by atoms with van der Waals surface area (Å²) in [6, 6.07) is 7.61. The van der Waals surface area contributed by atoms with Gasteiger partial charge in [-0.15, -0.1) is 0 Å². The summed E-state index contributed by atoms with van der Waals surface area (Å²) in [4.78, 5) is 0. The highest BCUT2D eigenvalue weighted by atomic mass is 35.5. The number of hydrazone groups is 1. The molecule has 1 aromatic rings. The minimum Gasteiger partial charge on any atom is -0.385 e. The predicted molar refractivity (Wildman–Crippen MR) is 59.6 cm³/mol. The van der Waals surface area contributed by atoms with Crippen LogP contribution in [0.3, 0.4) is 0 Å². The van der Waals surface area contributed by atoms with Gasteiger partial charge in [0.05, 0.1) is 12.2 Å². The highest BCUT2D eigenvalue weighted by Crippen LogP contribution is 2.23. The molecule has 0 aromatic heterocycles. The molecular formula is C10H12ClN3. The average Bonchev–Trinajstić information content (AvgIpc) is 2.47. The molecule has 14 heavy (non-hydrogen) atoms. The maximum atomic E-state index is 5.89. The topological polar surface area (TPSA) is 41.6 Å². The van der Waals surface area contributed by atoms with Gasteiger partial charge in [0.25, 0.3) is 0 Å². The van der Waals surface area contributed by atoms with Gasteiger partial charge in [0.1, 0.15) is 5.84 Å². The Morgan fingerprint density at radius 2 is 2.36 bits per heavy atom. The summed E-state index contributed by atoms with van der Waals surface area (Å²) in [5.74, 6) is 0.999. The van der Waals surface area contributed by atoms with E-state index in [2.05, 4.69) is 12.0 Å². The molecule has 0 radical (unpaired) electrons. The van der Waals surface area contributed by atoms with Gasteiger partial charge in [0, 0.05) is 10.9 Å². The monoisotopic (exact) mass is 209 g/mol. The van der Waals surface area contributed by atoms with E-state index in [1.54, 1.807) is 0 Å². The number of halogens is 1. The highest BCUT2D eigenvalue weighted by molar-refractivity contribution is 6.30. The van der Waals surface area contributed by atoms with Gasteiger partial charge in [0.15, 0.2) is 0 Å². The summed E-state index contributed by atoms with van der Waals surface area (Å²) in [6.45, 7) is 2.88. The second-order valence-corrected chi connectivity index (χ2v) is 3.92. The van der Waals surface area contributed by atoms with Gasteiger partial charge >= 0.3 is 0 Å². The Balaban J connectivity index is 2.26. The smallest absolute Gasteiger partial charge is 0.124 e. The molecule has 1 atom stereocenters. The first-order valence-electron chi connectivity index (χ1n) is 4.54. The zero-order valence-corrected chi connectivity index (χ0v) is 8.70. The maximum Gasteiger partial charge on any atom is 0.124 e. The van der Waals surface area contributed by atoms with Crippen LogP contribution in [0, 0.1) is 5.92 Å². The zero-order valence-electron chi connectivity index (χ0n) is 7.94. The summed E-state index contributed by atoms with van der Waals surface area (Å²) in [5.41, 5.74) is 6.71. The minimum atomic E-state index is 0.314. The van der Waals surface area contributed by atoms with Crippen molar-refractivity contribution in [3.8, 4) is 0 Å². The van der Waals surface area contributed by atoms with Gasteiger partial charge < -0.3 is 5.73 Å². The predicted octanol–water partition coefficient (Wildman–Crippen LogP) is 2.07. The van der Waals surface area contributed by atoms with E-state index in [1.807, 2.05) is 29.3 Å². The molecule has 1 aliphatic rings. The van der Waals surface area contributed by atoms with Gasteiger partial charge in [-0.2, -0.15) is 5.10 Å². The lowest BCUT2D eigenvalue weighted by molar-refractivity contribution is 0.773. The first kappa shape index (κ1) is 9.34. The fourth-order valence-electron chi connectivity index (χ4n) is 1.43. The van der Waals surface area contributed by atoms with E-state index in [0.29, 0.717) is 11.8 Å². The lowest BCUT2D eigenvalue weighted by Crippen LogP contribution is -2.20. The van der Waals surface area contributed by atoms with Gasteiger partial charge in [0.2, 0.25) is 0 Å². The van der Waals surface area contributed by atoms with Crippen molar-refractivity contribution in [1.29, 1.82) is 0 Å². The molecule has 4 heteroatoms. The molecule has 2 rings (SSSR count). The van der Waals surface area contributed by atoms with Crippen LogP contribution in [0.25, 0.3) is 0 Å². The molecule has 0 saturated carbocycles. The summed E-state index contributed by atoms with van der Waals surface area (Å²) in [5, 5.41) is 6.85. The van der Waals surface area contributed by atoms with Gasteiger partial charge in [-0.25, -0.2) is 0 Å². The summed E-state index contributed by atoms with van der Waals surface area (Å²) < 4.78 is 0. The van der Waals surface area contributed by atoms with E-state index < -0.39 is 0 Å². The number of benzene rings is 1. The maximum absolute atomic E-state index is 5.89. The Labute approximate surface area is 88.2 Å². The highest BCUT2D eigenvalue weighted by Gasteiger charge is 2.20. The molecule has 2 N–H and O–H groups in total. The normalized spacial score (nSPS) is 21.1. The molecule has 0 bridgehead atoms. The van der Waals surface area contributed by atoms with E-state index in [0.717, 1.165) is 17.3 Å². The van der Waals surface area contributed by atoms with Crippen LogP contribution >= 0.6 is 11.6 Å². The van der Waals surface area contributed by atoms with Crippen molar-refractivity contribution >= 4 is 23.1 Å². The third-order valence-electron chi connectivity index (χ3n) is 2.29. The summed E-state index contributed by atoms with van der Waals surface area (Å²) in [6.07, 6.45) is 0. The van der Waals surface area contributed by atoms with Crippen LogP contribution in [0.5, 0.6) is 0 Å². The van der Waals surface area contributed by atoms with Crippen LogP contribution in [0.4, 0.5) is 5.69 Å². The van der Waals surface area contributed by atoms with Crippen LogP contribution < -0.4 is 10.7 Å². The second kappa shape index (κ2) is 3.50. The standard InChI is InChI=1S/C10H12ClN3/c1-7-6-14(13-10(7)12)9-4-2-3-8(11)5-9/h2-5,7H,6H2,1H3,(H2,12,13)/t7-/m0/s1. The number of hydrogen-bond acceptors (Lipinski definition) is 3. The fourth-order valence-corrected chi connectivity index (χ4v) is 1.62. The SMILES string of the molecule is C[C@H]1CN(c2cccc(Cl)c2)N=C1N. The fraction of sp³-hybridized carbons (Fsp3) is 0.300. The van der Waals surface area contributed by atoms with Crippen molar-refractivity contribution in [3.05, 3.63) is 29.3 Å². The number of nitrogens with two attached hydrogens (primary N) is 1. The van der Waals surface area contributed by atoms with Crippen molar-refractivity contribution < 1.29 is 0 Å². The molecule has 3 nitrogen and oxygen atoms in total. The Morgan fingerprint density at radius 3 is 2.93 bits per heavy atom. The van der Waals surface area contributed by atoms with Crippen molar-refractivity contribution in [1.82, 2.24) is 0 Å². The lowest BCUT2D eigenvalue weighted by atomic mass is 10.2. The van der Waals surface area contributed by atoms with E-state index in [9.17, 15) is 0 Å². The number of rotatable bonds is 1. The number of anilines is 1. The van der Waals surface area contributed by atoms with Crippen molar-refractivity contribution in [2.24, 2.45) is 16.8 Å². The second-order valence-electron chi connectivity index (χ2n) is 3.49. The van der Waals surface area contributed by atoms with Crippen LogP contribution in [-0.2, 0) is 0 Å². The van der Waals surface area contributed by atoms with Crippen LogP contribution in [0.2, 0.25) is 5.02 Å². The third-order valence-corrected chi connectivity index (χ3v) is 2.53. The van der Waals surface area contributed by atoms with E-state index in [4.69, 9.17) is 17.3 Å². The molecule has 0 spiro atoms. The van der Waals surface area contributed by atoms with E-state index in [1.165, 1.54) is 0 Å². The molecule has 0 aliphatic carbocycles. The molecule has 74 valence electrons. The van der Waals surface area contributed by atoms with Crippen molar-refractivity contribution in [2.45, 2.75) is 6.92 Å². The molecule has 1 aliphatic heterocycles. The van der Waals surface area contributed by atoms with Crippen LogP contribution in [-0.4, -0.2) is 12.4 Å². The Hall–Kier alpha value is -1.22. The molecule has 0 fully saturated rings. The summed E-state index contributed by atoms with van der Waals surface area (Å²) in [7, 11) is 0. The van der Waals surface area contributed by atoms with Gasteiger partial charge in [-0.1, -0.05) is 24.6 Å².